The first-order valence-corrected chi connectivity index (χ1v) is 3.83. The summed E-state index contributed by atoms with van der Waals surface area (Å²) in [6.45, 7) is 3.08. The molecule has 0 amide bonds. The molecule has 0 aromatic carbocycles. The van der Waals surface area contributed by atoms with Crippen LogP contribution < -0.4 is 23.1 Å². The minimum Gasteiger partial charge on any atom is -1.00 e. The van der Waals surface area contributed by atoms with Gasteiger partial charge in [-0.25, -0.2) is 0 Å². The SMILES string of the molecule is Nc1cn(N2CCOCC2)n[o+]1.[Cl-]. The molecule has 0 unspecified atom stereocenters. The van der Waals surface area contributed by atoms with E-state index in [2.05, 4.69) is 5.27 Å². The van der Waals surface area contributed by atoms with Gasteiger partial charge >= 0.3 is 5.88 Å². The third-order valence-electron chi connectivity index (χ3n) is 1.75. The van der Waals surface area contributed by atoms with Crippen LogP contribution in [0.15, 0.2) is 10.7 Å². The van der Waals surface area contributed by atoms with Crippen molar-refractivity contribution in [3.8, 4) is 0 Å². The molecule has 0 bridgehead atoms. The van der Waals surface area contributed by atoms with Gasteiger partial charge < -0.3 is 22.9 Å². The molecule has 74 valence electrons. The Morgan fingerprint density at radius 3 is 2.69 bits per heavy atom. The summed E-state index contributed by atoms with van der Waals surface area (Å²) >= 11 is 0. The maximum absolute atomic E-state index is 5.38. The van der Waals surface area contributed by atoms with Gasteiger partial charge in [0.25, 0.3) is 5.27 Å². The maximum Gasteiger partial charge on any atom is 0.492 e. The molecule has 0 spiro atoms. The van der Waals surface area contributed by atoms with E-state index >= 15 is 0 Å². The molecule has 2 rings (SSSR count). The number of halogens is 1. The number of anilines is 1. The zero-order valence-electron chi connectivity index (χ0n) is 7.02. The van der Waals surface area contributed by atoms with E-state index < -0.39 is 0 Å². The number of ether oxygens (including phenoxy) is 1. The Hall–Kier alpha value is -1.01. The summed E-state index contributed by atoms with van der Waals surface area (Å²) in [7, 11) is 0. The number of aromatic nitrogens is 2. The number of hydrogen-bond donors (Lipinski definition) is 1. The Labute approximate surface area is 81.6 Å². The molecule has 1 fully saturated rings. The van der Waals surface area contributed by atoms with Gasteiger partial charge in [0.1, 0.15) is 0 Å². The van der Waals surface area contributed by atoms with Gasteiger partial charge in [0.2, 0.25) is 0 Å². The van der Waals surface area contributed by atoms with Crippen molar-refractivity contribution in [2.45, 2.75) is 0 Å². The van der Waals surface area contributed by atoms with Crippen LogP contribution in [0, 0.1) is 0 Å². The first-order chi connectivity index (χ1) is 5.86. The first-order valence-electron chi connectivity index (χ1n) is 3.83. The highest BCUT2D eigenvalue weighted by Gasteiger charge is 2.17. The van der Waals surface area contributed by atoms with Crippen molar-refractivity contribution in [1.29, 1.82) is 0 Å². The third-order valence-corrected chi connectivity index (χ3v) is 1.75. The molecule has 0 saturated carbocycles. The van der Waals surface area contributed by atoms with Crippen LogP contribution in [0.4, 0.5) is 5.88 Å². The summed E-state index contributed by atoms with van der Waals surface area (Å²) in [6, 6.07) is 0. The van der Waals surface area contributed by atoms with E-state index in [0.717, 1.165) is 26.3 Å². The maximum atomic E-state index is 5.38. The van der Waals surface area contributed by atoms with Crippen LogP contribution in [0.1, 0.15) is 0 Å². The molecule has 0 radical (unpaired) electrons. The smallest absolute Gasteiger partial charge is 0.492 e. The fourth-order valence-corrected chi connectivity index (χ4v) is 1.14. The van der Waals surface area contributed by atoms with E-state index in [1.54, 1.807) is 11.0 Å². The number of rotatable bonds is 1. The Morgan fingerprint density at radius 1 is 1.46 bits per heavy atom. The average Bonchev–Trinajstić information content (AvgIpc) is 2.54. The van der Waals surface area contributed by atoms with Crippen LogP contribution in [0.25, 0.3) is 0 Å². The third kappa shape index (κ3) is 2.22. The van der Waals surface area contributed by atoms with Gasteiger partial charge in [-0.3, -0.25) is 5.01 Å². The van der Waals surface area contributed by atoms with Gasteiger partial charge in [-0.15, -0.1) is 0 Å². The molecule has 1 aliphatic heterocycles. The lowest BCUT2D eigenvalue weighted by Gasteiger charge is -2.25. The lowest BCUT2D eigenvalue weighted by Crippen LogP contribution is -3.00. The van der Waals surface area contributed by atoms with E-state index in [9.17, 15) is 0 Å². The molecule has 0 aliphatic carbocycles. The molecule has 6 nitrogen and oxygen atoms in total. The second-order valence-corrected chi connectivity index (χ2v) is 2.59. The minimum absolute atomic E-state index is 0. The molecule has 0 atom stereocenters. The quantitative estimate of drug-likeness (QED) is 0.480. The Morgan fingerprint density at radius 2 is 2.15 bits per heavy atom. The highest BCUT2D eigenvalue weighted by molar-refractivity contribution is 5.16. The highest BCUT2D eigenvalue weighted by Crippen LogP contribution is 2.01. The number of nitrogens with zero attached hydrogens (tertiary/aromatic N) is 3. The lowest BCUT2D eigenvalue weighted by atomic mass is 10.5. The Balaban J connectivity index is 0.000000845. The molecule has 13 heavy (non-hydrogen) atoms. The standard InChI is InChI=1S/C6H11N4O2.ClH/c7-6-5-10(8-12-6)9-1-3-11-4-2-9;/h5H,1-4,7H2;1H/q+1;/p-1. The largest absolute Gasteiger partial charge is 1.00 e. The number of nitrogens with two attached hydrogens (primary N) is 1. The number of morpholine rings is 1. The van der Waals surface area contributed by atoms with Crippen LogP contribution in [-0.4, -0.2) is 36.4 Å². The second-order valence-electron chi connectivity index (χ2n) is 2.59. The van der Waals surface area contributed by atoms with Crippen molar-refractivity contribution in [3.05, 3.63) is 6.20 Å². The van der Waals surface area contributed by atoms with Crippen molar-refractivity contribution in [2.75, 3.05) is 37.0 Å². The highest BCUT2D eigenvalue weighted by atomic mass is 35.5. The van der Waals surface area contributed by atoms with Crippen LogP contribution in [0.5, 0.6) is 0 Å². The van der Waals surface area contributed by atoms with Gasteiger partial charge in [-0.05, 0) is 4.52 Å². The number of nitrogen functional groups attached to an aromatic ring is 1. The molecular formula is C6H11ClN4O2. The topological polar surface area (TPSA) is 67.6 Å². The molecule has 2 N–H and O–H groups in total. The second kappa shape index (κ2) is 4.29. The summed E-state index contributed by atoms with van der Waals surface area (Å²) in [6.07, 6.45) is 1.64. The van der Waals surface area contributed by atoms with Crippen molar-refractivity contribution in [2.24, 2.45) is 0 Å². The lowest BCUT2D eigenvalue weighted by molar-refractivity contribution is -0.00000410. The zero-order valence-corrected chi connectivity index (χ0v) is 7.78. The van der Waals surface area contributed by atoms with E-state index in [0.29, 0.717) is 5.88 Å². The summed E-state index contributed by atoms with van der Waals surface area (Å²) in [4.78, 5) is 1.61. The summed E-state index contributed by atoms with van der Waals surface area (Å²) < 4.78 is 9.91. The zero-order chi connectivity index (χ0) is 8.39. The van der Waals surface area contributed by atoms with E-state index in [1.165, 1.54) is 0 Å². The van der Waals surface area contributed by atoms with Crippen LogP contribution >= 0.6 is 0 Å². The van der Waals surface area contributed by atoms with E-state index in [4.69, 9.17) is 15.0 Å². The van der Waals surface area contributed by atoms with Gasteiger partial charge in [-0.1, -0.05) is 4.79 Å². The van der Waals surface area contributed by atoms with Crippen LogP contribution in [-0.2, 0) is 4.74 Å². The van der Waals surface area contributed by atoms with Crippen molar-refractivity contribution in [1.82, 2.24) is 10.1 Å². The first kappa shape index (κ1) is 10.1. The summed E-state index contributed by atoms with van der Waals surface area (Å²) in [5.74, 6) is 0.321. The van der Waals surface area contributed by atoms with Gasteiger partial charge in [-0.2, -0.15) is 0 Å². The van der Waals surface area contributed by atoms with Crippen molar-refractivity contribution in [3.63, 3.8) is 0 Å². The molecule has 1 aromatic heterocycles. The Bertz CT molecular complexity index is 261. The summed E-state index contributed by atoms with van der Waals surface area (Å²) in [5, 5.41) is 5.73. The van der Waals surface area contributed by atoms with Crippen molar-refractivity contribution < 1.29 is 21.7 Å². The monoisotopic (exact) mass is 206 g/mol. The number of hydrogen-bond acceptors (Lipinski definition) is 4. The fraction of sp³-hybridized carbons (Fsp3) is 0.667. The molecule has 1 saturated heterocycles. The van der Waals surface area contributed by atoms with Crippen LogP contribution in [0.2, 0.25) is 0 Å². The van der Waals surface area contributed by atoms with Gasteiger partial charge in [0.05, 0.1) is 26.3 Å². The molecule has 1 aliphatic rings. The van der Waals surface area contributed by atoms with Crippen LogP contribution in [0.3, 0.4) is 0 Å². The Kier molecular flexibility index (Phi) is 3.32. The van der Waals surface area contributed by atoms with Gasteiger partial charge in [0.15, 0.2) is 6.20 Å². The van der Waals surface area contributed by atoms with E-state index in [-0.39, 0.29) is 12.4 Å². The normalized spacial score (nSPS) is 16.8. The minimum atomic E-state index is 0. The van der Waals surface area contributed by atoms with E-state index in [1.807, 2.05) is 5.01 Å². The average molecular weight is 207 g/mol. The molecular weight excluding hydrogens is 196 g/mol. The molecule has 2 heterocycles. The molecule has 7 heteroatoms. The fourth-order valence-electron chi connectivity index (χ4n) is 1.14. The predicted molar refractivity (Wildman–Crippen MR) is 42.1 cm³/mol. The predicted octanol–water partition coefficient (Wildman–Crippen LogP) is -3.69. The molecule has 1 aromatic rings. The van der Waals surface area contributed by atoms with Gasteiger partial charge in [0, 0.05) is 0 Å². The van der Waals surface area contributed by atoms with Crippen molar-refractivity contribution >= 4 is 5.88 Å². The summed E-state index contributed by atoms with van der Waals surface area (Å²) in [5.41, 5.74) is 5.38.